The van der Waals surface area contributed by atoms with Gasteiger partial charge in [-0.05, 0) is 40.5 Å². The Morgan fingerprint density at radius 3 is 1.67 bits per heavy atom. The van der Waals surface area contributed by atoms with Crippen LogP contribution in [0.4, 0.5) is 0 Å². The number of piperidine rings is 1. The van der Waals surface area contributed by atoms with E-state index in [9.17, 15) is 5.11 Å². The fourth-order valence-corrected chi connectivity index (χ4v) is 2.27. The molecule has 2 N–H and O–H groups in total. The van der Waals surface area contributed by atoms with Gasteiger partial charge in [0.15, 0.2) is 0 Å². The van der Waals surface area contributed by atoms with Gasteiger partial charge in [-0.15, -0.1) is 0 Å². The molecule has 0 aliphatic carbocycles. The van der Waals surface area contributed by atoms with Crippen LogP contribution in [-0.4, -0.2) is 22.3 Å². The molecule has 3 heteroatoms. The van der Waals surface area contributed by atoms with Gasteiger partial charge in [0.25, 0.3) is 0 Å². The predicted molar refractivity (Wildman–Crippen MR) is 46.5 cm³/mol. The van der Waals surface area contributed by atoms with Crippen LogP contribution in [0, 0.1) is 0 Å². The maximum atomic E-state index is 9.54. The minimum atomic E-state index is -0.138. The summed E-state index contributed by atoms with van der Waals surface area (Å²) in [4.78, 5) is 0. The Morgan fingerprint density at radius 1 is 1.08 bits per heavy atom. The van der Waals surface area contributed by atoms with Crippen LogP contribution in [0.15, 0.2) is 0 Å². The van der Waals surface area contributed by atoms with Gasteiger partial charge in [-0.2, -0.15) is 0 Å². The van der Waals surface area contributed by atoms with Crippen molar-refractivity contribution in [2.45, 2.75) is 57.7 Å². The SMILES string of the molecule is CC1(C)CC(O)CC(C)(C)N1.[Cu]. The standard InChI is InChI=1S/C9H19NO.Cu/c1-8(2)5-7(11)6-9(3,4)10-8;/h7,10-11H,5-6H2,1-4H3;. The molecule has 1 fully saturated rings. The zero-order valence-electron chi connectivity index (χ0n) is 8.24. The van der Waals surface area contributed by atoms with Crippen molar-refractivity contribution in [2.24, 2.45) is 0 Å². The summed E-state index contributed by atoms with van der Waals surface area (Å²) in [6.45, 7) is 8.54. The molecule has 0 aromatic carbocycles. The number of hydrogen-bond donors (Lipinski definition) is 2. The van der Waals surface area contributed by atoms with E-state index in [2.05, 4.69) is 33.0 Å². The third kappa shape index (κ3) is 3.44. The molecule has 0 aromatic rings. The van der Waals surface area contributed by atoms with Crippen molar-refractivity contribution in [3.05, 3.63) is 0 Å². The molecule has 1 heterocycles. The van der Waals surface area contributed by atoms with Gasteiger partial charge >= 0.3 is 0 Å². The molecule has 0 bridgehead atoms. The first-order chi connectivity index (χ1) is 4.81. The molecule has 1 aliphatic rings. The smallest absolute Gasteiger partial charge is 0.0575 e. The van der Waals surface area contributed by atoms with E-state index in [0.717, 1.165) is 12.8 Å². The van der Waals surface area contributed by atoms with Crippen LogP contribution < -0.4 is 5.32 Å². The largest absolute Gasteiger partial charge is 0.393 e. The van der Waals surface area contributed by atoms with Crippen LogP contribution in [0.1, 0.15) is 40.5 Å². The summed E-state index contributed by atoms with van der Waals surface area (Å²) in [5, 5.41) is 13.0. The van der Waals surface area contributed by atoms with Crippen molar-refractivity contribution in [2.75, 3.05) is 0 Å². The van der Waals surface area contributed by atoms with Gasteiger partial charge in [0.05, 0.1) is 6.10 Å². The average molecular weight is 221 g/mol. The second-order valence-corrected chi connectivity index (χ2v) is 4.95. The number of hydrogen-bond acceptors (Lipinski definition) is 2. The first kappa shape index (κ1) is 12.4. The van der Waals surface area contributed by atoms with E-state index in [1.807, 2.05) is 0 Å². The second-order valence-electron chi connectivity index (χ2n) is 4.95. The van der Waals surface area contributed by atoms with Crippen molar-refractivity contribution in [3.8, 4) is 0 Å². The van der Waals surface area contributed by atoms with Crippen LogP contribution in [0.3, 0.4) is 0 Å². The Labute approximate surface area is 85.6 Å². The molecule has 0 saturated carbocycles. The molecular weight excluding hydrogens is 202 g/mol. The maximum Gasteiger partial charge on any atom is 0.0575 e. The van der Waals surface area contributed by atoms with E-state index < -0.39 is 0 Å². The van der Waals surface area contributed by atoms with Gasteiger partial charge in [0.1, 0.15) is 0 Å². The van der Waals surface area contributed by atoms with E-state index in [0.29, 0.717) is 0 Å². The van der Waals surface area contributed by atoms with Gasteiger partial charge in [-0.1, -0.05) is 0 Å². The molecule has 12 heavy (non-hydrogen) atoms. The summed E-state index contributed by atoms with van der Waals surface area (Å²) in [5.74, 6) is 0. The number of rotatable bonds is 0. The molecule has 77 valence electrons. The topological polar surface area (TPSA) is 32.3 Å². The van der Waals surface area contributed by atoms with E-state index in [1.54, 1.807) is 0 Å². The fraction of sp³-hybridized carbons (Fsp3) is 1.00. The van der Waals surface area contributed by atoms with Crippen LogP contribution >= 0.6 is 0 Å². The molecule has 0 spiro atoms. The number of nitrogens with one attached hydrogen (secondary N) is 1. The Bertz CT molecular complexity index is 141. The average Bonchev–Trinajstić information content (AvgIpc) is 1.49. The molecule has 0 amide bonds. The Kier molecular flexibility index (Phi) is 3.80. The summed E-state index contributed by atoms with van der Waals surface area (Å²) in [5.41, 5.74) is 0.169. The minimum absolute atomic E-state index is 0. The Hall–Kier alpha value is 0.439. The third-order valence-corrected chi connectivity index (χ3v) is 2.17. The number of aliphatic hydroxyl groups excluding tert-OH is 1. The van der Waals surface area contributed by atoms with Crippen molar-refractivity contribution in [1.82, 2.24) is 5.32 Å². The van der Waals surface area contributed by atoms with Crippen molar-refractivity contribution >= 4 is 0 Å². The zero-order chi connectivity index (χ0) is 8.70. The van der Waals surface area contributed by atoms with Crippen molar-refractivity contribution in [1.29, 1.82) is 0 Å². The van der Waals surface area contributed by atoms with E-state index >= 15 is 0 Å². The summed E-state index contributed by atoms with van der Waals surface area (Å²) >= 11 is 0. The molecule has 0 atom stereocenters. The second kappa shape index (κ2) is 3.67. The van der Waals surface area contributed by atoms with E-state index in [-0.39, 0.29) is 34.3 Å². The third-order valence-electron chi connectivity index (χ3n) is 2.17. The normalized spacial score (nSPS) is 27.8. The molecule has 0 aromatic heterocycles. The van der Waals surface area contributed by atoms with Gasteiger partial charge in [-0.25, -0.2) is 0 Å². The monoisotopic (exact) mass is 220 g/mol. The van der Waals surface area contributed by atoms with Crippen LogP contribution in [0.25, 0.3) is 0 Å². The summed E-state index contributed by atoms with van der Waals surface area (Å²) < 4.78 is 0. The molecule has 0 unspecified atom stereocenters. The molecule has 2 nitrogen and oxygen atoms in total. The minimum Gasteiger partial charge on any atom is -0.393 e. The van der Waals surface area contributed by atoms with Crippen LogP contribution in [0.5, 0.6) is 0 Å². The first-order valence-corrected chi connectivity index (χ1v) is 4.28. The first-order valence-electron chi connectivity index (χ1n) is 4.28. The Morgan fingerprint density at radius 2 is 1.42 bits per heavy atom. The molecule has 1 aliphatic heterocycles. The zero-order valence-corrected chi connectivity index (χ0v) is 9.18. The number of aliphatic hydroxyl groups is 1. The quantitative estimate of drug-likeness (QED) is 0.603. The van der Waals surface area contributed by atoms with Crippen LogP contribution in [0.2, 0.25) is 0 Å². The molecule has 1 rings (SSSR count). The van der Waals surface area contributed by atoms with Crippen molar-refractivity contribution < 1.29 is 22.2 Å². The maximum absolute atomic E-state index is 9.54. The van der Waals surface area contributed by atoms with Gasteiger partial charge in [0, 0.05) is 28.1 Å². The Balaban J connectivity index is 0.00000121. The predicted octanol–water partition coefficient (Wildman–Crippen LogP) is 1.29. The van der Waals surface area contributed by atoms with Gasteiger partial charge < -0.3 is 10.4 Å². The summed E-state index contributed by atoms with van der Waals surface area (Å²) in [7, 11) is 0. The summed E-state index contributed by atoms with van der Waals surface area (Å²) in [6.07, 6.45) is 1.58. The summed E-state index contributed by atoms with van der Waals surface area (Å²) in [6, 6.07) is 0. The van der Waals surface area contributed by atoms with Gasteiger partial charge in [-0.3, -0.25) is 0 Å². The van der Waals surface area contributed by atoms with E-state index in [4.69, 9.17) is 0 Å². The fourth-order valence-electron chi connectivity index (χ4n) is 2.27. The van der Waals surface area contributed by atoms with Gasteiger partial charge in [0.2, 0.25) is 0 Å². The molecular formula is C9H19CuNO. The van der Waals surface area contributed by atoms with E-state index in [1.165, 1.54) is 0 Å². The molecule has 1 radical (unpaired) electrons. The van der Waals surface area contributed by atoms with Crippen molar-refractivity contribution in [3.63, 3.8) is 0 Å². The molecule has 1 saturated heterocycles. The van der Waals surface area contributed by atoms with Crippen LogP contribution in [-0.2, 0) is 17.1 Å².